The number of hydrogen-bond donors (Lipinski definition) is 1. The van der Waals surface area contributed by atoms with Gasteiger partial charge < -0.3 is 5.32 Å². The Morgan fingerprint density at radius 2 is 1.90 bits per heavy atom. The van der Waals surface area contributed by atoms with Gasteiger partial charge in [0.15, 0.2) is 5.69 Å². The first-order chi connectivity index (χ1) is 14.1. The van der Waals surface area contributed by atoms with E-state index in [-0.39, 0.29) is 21.1 Å². The van der Waals surface area contributed by atoms with Crippen molar-refractivity contribution in [2.24, 2.45) is 7.05 Å². The van der Waals surface area contributed by atoms with E-state index >= 15 is 0 Å². The number of amides is 1. The Hall–Kier alpha value is -3.14. The van der Waals surface area contributed by atoms with Gasteiger partial charge in [-0.25, -0.2) is 4.68 Å². The summed E-state index contributed by atoms with van der Waals surface area (Å²) in [7, 11) is 1.78. The second kappa shape index (κ2) is 7.28. The highest BCUT2D eigenvalue weighted by molar-refractivity contribution is 7.20. The zero-order valence-corrected chi connectivity index (χ0v) is 17.2. The molecule has 0 bridgehead atoms. The van der Waals surface area contributed by atoms with Crippen LogP contribution in [-0.4, -0.2) is 25.5 Å². The predicted molar refractivity (Wildman–Crippen MR) is 108 cm³/mol. The summed E-state index contributed by atoms with van der Waals surface area (Å²) in [6, 6.07) is 9.45. The molecule has 30 heavy (non-hydrogen) atoms. The minimum atomic E-state index is -4.63. The van der Waals surface area contributed by atoms with Crippen molar-refractivity contribution in [2.45, 2.75) is 26.1 Å². The molecule has 6 nitrogen and oxygen atoms in total. The van der Waals surface area contributed by atoms with E-state index in [9.17, 15) is 18.0 Å². The van der Waals surface area contributed by atoms with E-state index < -0.39 is 17.8 Å². The topological polar surface area (TPSA) is 64.7 Å². The SMILES string of the molecule is Cc1nn(C)cc1[C@@H](C)NC(=O)c1cc2c(C(F)(F)F)nn(-c3ccccc3)c2s1. The number of para-hydroxylation sites is 1. The number of thiophene rings is 1. The molecule has 3 heterocycles. The third-order valence-corrected chi connectivity index (χ3v) is 5.83. The summed E-state index contributed by atoms with van der Waals surface area (Å²) >= 11 is 0.978. The van der Waals surface area contributed by atoms with Crippen LogP contribution in [0.4, 0.5) is 13.2 Å². The molecule has 0 unspecified atom stereocenters. The van der Waals surface area contributed by atoms with E-state index in [2.05, 4.69) is 15.5 Å². The van der Waals surface area contributed by atoms with Gasteiger partial charge >= 0.3 is 6.18 Å². The van der Waals surface area contributed by atoms with Crippen molar-refractivity contribution in [3.05, 3.63) is 64.4 Å². The van der Waals surface area contributed by atoms with Crippen LogP contribution in [-0.2, 0) is 13.2 Å². The number of nitrogens with zero attached hydrogens (tertiary/aromatic N) is 4. The molecule has 156 valence electrons. The third kappa shape index (κ3) is 3.58. The molecule has 1 N–H and O–H groups in total. The summed E-state index contributed by atoms with van der Waals surface area (Å²) in [4.78, 5) is 13.2. The highest BCUT2D eigenvalue weighted by Gasteiger charge is 2.38. The van der Waals surface area contributed by atoms with E-state index in [0.29, 0.717) is 5.69 Å². The smallest absolute Gasteiger partial charge is 0.345 e. The number of hydrogen-bond acceptors (Lipinski definition) is 4. The Kier molecular flexibility index (Phi) is 4.89. The normalized spacial score (nSPS) is 13.0. The summed E-state index contributed by atoms with van der Waals surface area (Å²) in [6.07, 6.45) is -2.83. The zero-order valence-electron chi connectivity index (χ0n) is 16.4. The lowest BCUT2D eigenvalue weighted by atomic mass is 10.1. The van der Waals surface area contributed by atoms with E-state index in [1.54, 1.807) is 48.3 Å². The summed E-state index contributed by atoms with van der Waals surface area (Å²) in [5.41, 5.74) is 1.11. The van der Waals surface area contributed by atoms with Crippen LogP contribution in [0.1, 0.15) is 39.6 Å². The zero-order chi connectivity index (χ0) is 21.6. The van der Waals surface area contributed by atoms with E-state index in [1.807, 2.05) is 13.8 Å². The number of aromatic nitrogens is 4. The van der Waals surface area contributed by atoms with Crippen LogP contribution in [0.3, 0.4) is 0 Å². The Morgan fingerprint density at radius 3 is 2.50 bits per heavy atom. The van der Waals surface area contributed by atoms with Gasteiger partial charge in [-0.15, -0.1) is 11.3 Å². The average molecular weight is 433 g/mol. The van der Waals surface area contributed by atoms with Crippen molar-refractivity contribution in [1.82, 2.24) is 24.9 Å². The minimum Gasteiger partial charge on any atom is -0.345 e. The molecule has 0 saturated carbocycles. The molecular formula is C20H18F3N5OS. The molecule has 4 aromatic rings. The molecule has 4 rings (SSSR count). The molecule has 0 fully saturated rings. The van der Waals surface area contributed by atoms with Gasteiger partial charge in [0.2, 0.25) is 0 Å². The maximum Gasteiger partial charge on any atom is 0.435 e. The van der Waals surface area contributed by atoms with Gasteiger partial charge in [0.05, 0.1) is 22.3 Å². The molecule has 0 aliphatic carbocycles. The maximum atomic E-state index is 13.6. The summed E-state index contributed by atoms with van der Waals surface area (Å²) < 4.78 is 43.5. The second-order valence-corrected chi connectivity index (χ2v) is 7.99. The highest BCUT2D eigenvalue weighted by atomic mass is 32.1. The first-order valence-electron chi connectivity index (χ1n) is 9.11. The number of fused-ring (bicyclic) bond motifs is 1. The lowest BCUT2D eigenvalue weighted by molar-refractivity contribution is -0.140. The number of carbonyl (C=O) groups excluding carboxylic acids is 1. The van der Waals surface area contributed by atoms with Crippen LogP contribution in [0.5, 0.6) is 0 Å². The van der Waals surface area contributed by atoms with E-state index in [1.165, 1.54) is 10.7 Å². The molecular weight excluding hydrogens is 415 g/mol. The van der Waals surface area contributed by atoms with Gasteiger partial charge in [-0.05, 0) is 32.0 Å². The van der Waals surface area contributed by atoms with Crippen LogP contribution in [0.15, 0.2) is 42.6 Å². The number of aryl methyl sites for hydroxylation is 2. The van der Waals surface area contributed by atoms with Crippen LogP contribution in [0.25, 0.3) is 15.9 Å². The lowest BCUT2D eigenvalue weighted by Crippen LogP contribution is -2.26. The fraction of sp³-hybridized carbons (Fsp3) is 0.250. The van der Waals surface area contributed by atoms with E-state index in [4.69, 9.17) is 0 Å². The standard InChI is InChI=1S/C20H18F3N5OS/c1-11(15-10-27(3)25-12(15)2)24-18(29)16-9-14-17(20(21,22)23)26-28(19(14)30-16)13-7-5-4-6-8-13/h4-11H,1-3H3,(H,24,29)/t11-/m1/s1. The Labute approximate surface area is 173 Å². The quantitative estimate of drug-likeness (QED) is 0.510. The van der Waals surface area contributed by atoms with Crippen molar-refractivity contribution >= 4 is 27.5 Å². The van der Waals surface area contributed by atoms with E-state index in [0.717, 1.165) is 22.6 Å². The van der Waals surface area contributed by atoms with Crippen molar-refractivity contribution < 1.29 is 18.0 Å². The highest BCUT2D eigenvalue weighted by Crippen LogP contribution is 2.39. The number of halogens is 3. The van der Waals surface area contributed by atoms with Crippen molar-refractivity contribution in [3.8, 4) is 5.69 Å². The summed E-state index contributed by atoms with van der Waals surface area (Å²) in [6.45, 7) is 3.64. The molecule has 0 aliphatic rings. The van der Waals surface area contributed by atoms with Crippen LogP contribution in [0.2, 0.25) is 0 Å². The molecule has 1 atom stereocenters. The van der Waals surface area contributed by atoms with Crippen LogP contribution >= 0.6 is 11.3 Å². The van der Waals surface area contributed by atoms with Gasteiger partial charge in [-0.1, -0.05) is 18.2 Å². The monoisotopic (exact) mass is 433 g/mol. The first kappa shape index (κ1) is 20.1. The lowest BCUT2D eigenvalue weighted by Gasteiger charge is -2.12. The fourth-order valence-corrected chi connectivity index (χ4v) is 4.40. The minimum absolute atomic E-state index is 0.0910. The van der Waals surface area contributed by atoms with Crippen molar-refractivity contribution in [1.29, 1.82) is 0 Å². The van der Waals surface area contributed by atoms with Crippen LogP contribution < -0.4 is 5.32 Å². The predicted octanol–water partition coefficient (Wildman–Crippen LogP) is 4.64. The number of alkyl halides is 3. The third-order valence-electron chi connectivity index (χ3n) is 4.72. The maximum absolute atomic E-state index is 13.6. The van der Waals surface area contributed by atoms with Gasteiger partial charge in [0.25, 0.3) is 5.91 Å². The first-order valence-corrected chi connectivity index (χ1v) is 9.93. The summed E-state index contributed by atoms with van der Waals surface area (Å²) in [5.74, 6) is -0.445. The molecule has 1 aromatic carbocycles. The number of benzene rings is 1. The molecule has 0 aliphatic heterocycles. The number of nitrogens with one attached hydrogen (secondary N) is 1. The number of rotatable bonds is 4. The largest absolute Gasteiger partial charge is 0.435 e. The molecule has 0 spiro atoms. The summed E-state index contributed by atoms with van der Waals surface area (Å²) in [5, 5.41) is 10.8. The van der Waals surface area contributed by atoms with Crippen LogP contribution in [0, 0.1) is 6.92 Å². The fourth-order valence-electron chi connectivity index (χ4n) is 3.36. The van der Waals surface area contributed by atoms with Gasteiger partial charge in [-0.3, -0.25) is 9.48 Å². The van der Waals surface area contributed by atoms with Gasteiger partial charge in [-0.2, -0.15) is 23.4 Å². The van der Waals surface area contributed by atoms with Crippen molar-refractivity contribution in [3.63, 3.8) is 0 Å². The molecule has 1 amide bonds. The average Bonchev–Trinajstić information content (AvgIpc) is 3.34. The molecule has 0 radical (unpaired) electrons. The Morgan fingerprint density at radius 1 is 1.20 bits per heavy atom. The Balaban J connectivity index is 1.72. The second-order valence-electron chi connectivity index (χ2n) is 6.96. The molecule has 10 heteroatoms. The molecule has 0 saturated heterocycles. The van der Waals surface area contributed by atoms with Gasteiger partial charge in [0.1, 0.15) is 4.83 Å². The Bertz CT molecular complexity index is 1220. The molecule has 3 aromatic heterocycles. The number of carbonyl (C=O) groups is 1. The van der Waals surface area contributed by atoms with Gasteiger partial charge in [0, 0.05) is 24.2 Å². The van der Waals surface area contributed by atoms with Crippen molar-refractivity contribution in [2.75, 3.05) is 0 Å².